The number of likely N-dealkylation sites (tertiary alicyclic amines) is 1. The Morgan fingerprint density at radius 3 is 2.77 bits per heavy atom. The summed E-state index contributed by atoms with van der Waals surface area (Å²) >= 11 is 0. The summed E-state index contributed by atoms with van der Waals surface area (Å²) in [6.45, 7) is 5.32. The average molecular weight is 402 g/mol. The molecule has 1 saturated heterocycles. The molecule has 3 aromatic rings. The van der Waals surface area contributed by atoms with Crippen LogP contribution in [0, 0.1) is 6.92 Å². The van der Waals surface area contributed by atoms with Gasteiger partial charge in [0, 0.05) is 43.3 Å². The van der Waals surface area contributed by atoms with E-state index in [0.29, 0.717) is 18.0 Å². The summed E-state index contributed by atoms with van der Waals surface area (Å²) in [6, 6.07) is 13.8. The van der Waals surface area contributed by atoms with Gasteiger partial charge < -0.3 is 5.32 Å². The van der Waals surface area contributed by atoms with Crippen LogP contribution in [0.1, 0.15) is 51.8 Å². The SMILES string of the molecule is Cc1cccnc1CNC(=O)c1ccc(C2CCCN(Cc3ccccn3)C2)nc1. The Balaban J connectivity index is 1.34. The Hall–Kier alpha value is -3.12. The first-order chi connectivity index (χ1) is 14.7. The van der Waals surface area contributed by atoms with E-state index in [-0.39, 0.29) is 5.91 Å². The highest BCUT2D eigenvalue weighted by atomic mass is 16.1. The van der Waals surface area contributed by atoms with Gasteiger partial charge in [-0.2, -0.15) is 0 Å². The summed E-state index contributed by atoms with van der Waals surface area (Å²) in [7, 11) is 0. The number of hydrogen-bond acceptors (Lipinski definition) is 5. The maximum Gasteiger partial charge on any atom is 0.253 e. The number of nitrogens with one attached hydrogen (secondary N) is 1. The number of nitrogens with zero attached hydrogens (tertiary/aromatic N) is 4. The normalized spacial score (nSPS) is 16.9. The third-order valence-electron chi connectivity index (χ3n) is 5.62. The molecule has 3 aromatic heterocycles. The van der Waals surface area contributed by atoms with E-state index < -0.39 is 0 Å². The Morgan fingerprint density at radius 2 is 2.00 bits per heavy atom. The molecule has 1 N–H and O–H groups in total. The predicted octanol–water partition coefficient (Wildman–Crippen LogP) is 3.49. The van der Waals surface area contributed by atoms with E-state index >= 15 is 0 Å². The van der Waals surface area contributed by atoms with Crippen LogP contribution in [0.4, 0.5) is 0 Å². The van der Waals surface area contributed by atoms with Crippen molar-refractivity contribution < 1.29 is 4.79 Å². The maximum absolute atomic E-state index is 12.5. The maximum atomic E-state index is 12.5. The van der Waals surface area contributed by atoms with Crippen LogP contribution in [0.15, 0.2) is 61.1 Å². The highest BCUT2D eigenvalue weighted by Crippen LogP contribution is 2.26. The second kappa shape index (κ2) is 9.59. The number of hydrogen-bond donors (Lipinski definition) is 1. The molecule has 0 radical (unpaired) electrons. The Bertz CT molecular complexity index is 974. The van der Waals surface area contributed by atoms with Crippen molar-refractivity contribution >= 4 is 5.91 Å². The first-order valence-electron chi connectivity index (χ1n) is 10.5. The fraction of sp³-hybridized carbons (Fsp3) is 0.333. The summed E-state index contributed by atoms with van der Waals surface area (Å²) in [6.07, 6.45) is 7.54. The van der Waals surface area contributed by atoms with E-state index in [2.05, 4.69) is 31.2 Å². The summed E-state index contributed by atoms with van der Waals surface area (Å²) in [5, 5.41) is 2.93. The van der Waals surface area contributed by atoms with Crippen molar-refractivity contribution in [2.45, 2.75) is 38.8 Å². The molecule has 1 aliphatic heterocycles. The molecular weight excluding hydrogens is 374 g/mol. The van der Waals surface area contributed by atoms with Crippen LogP contribution in [-0.2, 0) is 13.1 Å². The highest BCUT2D eigenvalue weighted by Gasteiger charge is 2.23. The number of carbonyl (C=O) groups excluding carboxylic acids is 1. The van der Waals surface area contributed by atoms with Gasteiger partial charge in [0.25, 0.3) is 5.91 Å². The van der Waals surface area contributed by atoms with Gasteiger partial charge in [0.2, 0.25) is 0 Å². The van der Waals surface area contributed by atoms with E-state index in [0.717, 1.165) is 55.1 Å². The van der Waals surface area contributed by atoms with Crippen molar-refractivity contribution in [3.63, 3.8) is 0 Å². The molecule has 0 aliphatic carbocycles. The lowest BCUT2D eigenvalue weighted by Gasteiger charge is -2.32. The van der Waals surface area contributed by atoms with Crippen molar-refractivity contribution in [3.8, 4) is 0 Å². The first-order valence-corrected chi connectivity index (χ1v) is 10.5. The minimum absolute atomic E-state index is 0.125. The van der Waals surface area contributed by atoms with Crippen LogP contribution in [0.3, 0.4) is 0 Å². The van der Waals surface area contributed by atoms with Gasteiger partial charge >= 0.3 is 0 Å². The van der Waals surface area contributed by atoms with Gasteiger partial charge in [-0.05, 0) is 62.2 Å². The summed E-state index contributed by atoms with van der Waals surface area (Å²) in [5.74, 6) is 0.260. The van der Waals surface area contributed by atoms with Crippen LogP contribution in [-0.4, -0.2) is 38.8 Å². The smallest absolute Gasteiger partial charge is 0.253 e. The van der Waals surface area contributed by atoms with Gasteiger partial charge in [-0.25, -0.2) is 0 Å². The second-order valence-electron chi connectivity index (χ2n) is 7.82. The number of rotatable bonds is 6. The average Bonchev–Trinajstić information content (AvgIpc) is 2.79. The number of aromatic nitrogens is 3. The van der Waals surface area contributed by atoms with Crippen LogP contribution in [0.2, 0.25) is 0 Å². The zero-order valence-electron chi connectivity index (χ0n) is 17.3. The molecule has 30 heavy (non-hydrogen) atoms. The first kappa shape index (κ1) is 20.2. The van der Waals surface area contributed by atoms with Crippen LogP contribution < -0.4 is 5.32 Å². The van der Waals surface area contributed by atoms with E-state index in [4.69, 9.17) is 0 Å². The molecular formula is C24H27N5O. The highest BCUT2D eigenvalue weighted by molar-refractivity contribution is 5.93. The minimum atomic E-state index is -0.125. The van der Waals surface area contributed by atoms with Crippen LogP contribution in [0.25, 0.3) is 0 Å². The molecule has 0 spiro atoms. The van der Waals surface area contributed by atoms with E-state index in [1.165, 1.54) is 0 Å². The Morgan fingerprint density at radius 1 is 1.10 bits per heavy atom. The van der Waals surface area contributed by atoms with Gasteiger partial charge in [-0.3, -0.25) is 24.6 Å². The third kappa shape index (κ3) is 5.07. The molecule has 4 rings (SSSR count). The van der Waals surface area contributed by atoms with Crippen LogP contribution in [0.5, 0.6) is 0 Å². The third-order valence-corrected chi connectivity index (χ3v) is 5.62. The lowest BCUT2D eigenvalue weighted by Crippen LogP contribution is -2.34. The summed E-state index contributed by atoms with van der Waals surface area (Å²) < 4.78 is 0. The molecule has 1 unspecified atom stereocenters. The molecule has 1 aliphatic rings. The molecule has 1 amide bonds. The molecule has 0 bridgehead atoms. The molecule has 4 heterocycles. The molecule has 6 heteroatoms. The van der Waals surface area contributed by atoms with Gasteiger partial charge in [-0.1, -0.05) is 12.1 Å². The van der Waals surface area contributed by atoms with Gasteiger partial charge in [0.05, 0.1) is 23.5 Å². The number of amides is 1. The lowest BCUT2D eigenvalue weighted by molar-refractivity contribution is 0.0950. The van der Waals surface area contributed by atoms with Gasteiger partial charge in [0.1, 0.15) is 0 Å². The monoisotopic (exact) mass is 401 g/mol. The molecule has 1 fully saturated rings. The summed E-state index contributed by atoms with van der Waals surface area (Å²) in [5.41, 5.74) is 4.68. The van der Waals surface area contributed by atoms with Crippen molar-refractivity contribution in [3.05, 3.63) is 89.3 Å². The molecule has 154 valence electrons. The molecule has 6 nitrogen and oxygen atoms in total. The van der Waals surface area contributed by atoms with E-state index in [1.54, 1.807) is 12.4 Å². The van der Waals surface area contributed by atoms with Crippen LogP contribution >= 0.6 is 0 Å². The van der Waals surface area contributed by atoms with Crippen molar-refractivity contribution in [1.29, 1.82) is 0 Å². The largest absolute Gasteiger partial charge is 0.346 e. The molecule has 1 atom stereocenters. The number of pyridine rings is 3. The fourth-order valence-corrected chi connectivity index (χ4v) is 3.91. The number of piperidine rings is 1. The second-order valence-corrected chi connectivity index (χ2v) is 7.82. The Labute approximate surface area is 177 Å². The fourth-order valence-electron chi connectivity index (χ4n) is 3.91. The van der Waals surface area contributed by atoms with E-state index in [9.17, 15) is 4.79 Å². The molecule has 0 aromatic carbocycles. The van der Waals surface area contributed by atoms with Gasteiger partial charge in [0.15, 0.2) is 0 Å². The topological polar surface area (TPSA) is 71.0 Å². The van der Waals surface area contributed by atoms with E-state index in [1.807, 2.05) is 49.5 Å². The minimum Gasteiger partial charge on any atom is -0.346 e. The zero-order valence-corrected chi connectivity index (χ0v) is 17.3. The zero-order chi connectivity index (χ0) is 20.8. The standard InChI is InChI=1S/C24H27N5O/c1-18-6-4-12-26-23(18)15-28-24(30)19-9-10-22(27-14-19)20-7-5-13-29(16-20)17-21-8-2-3-11-25-21/h2-4,6,8-12,14,20H,5,7,13,15-17H2,1H3,(H,28,30). The van der Waals surface area contributed by atoms with Crippen molar-refractivity contribution in [1.82, 2.24) is 25.2 Å². The predicted molar refractivity (Wildman–Crippen MR) is 116 cm³/mol. The van der Waals surface area contributed by atoms with Crippen molar-refractivity contribution in [2.24, 2.45) is 0 Å². The quantitative estimate of drug-likeness (QED) is 0.685. The van der Waals surface area contributed by atoms with Gasteiger partial charge in [-0.15, -0.1) is 0 Å². The Kier molecular flexibility index (Phi) is 6.44. The lowest BCUT2D eigenvalue weighted by atomic mass is 9.94. The molecule has 0 saturated carbocycles. The number of carbonyl (C=O) groups is 1. The summed E-state index contributed by atoms with van der Waals surface area (Å²) in [4.78, 5) is 28.3. The van der Waals surface area contributed by atoms with Crippen molar-refractivity contribution in [2.75, 3.05) is 13.1 Å². The number of aryl methyl sites for hydroxylation is 1.